The van der Waals surface area contributed by atoms with Gasteiger partial charge in [-0.05, 0) is 22.0 Å². The molecule has 0 aliphatic carbocycles. The molecule has 2 aromatic rings. The lowest BCUT2D eigenvalue weighted by molar-refractivity contribution is 0.197. The van der Waals surface area contributed by atoms with Crippen LogP contribution in [0, 0.1) is 0 Å². The zero-order valence-corrected chi connectivity index (χ0v) is 8.52. The summed E-state index contributed by atoms with van der Waals surface area (Å²) in [5, 5.41) is 9.58. The Hall–Kier alpha value is -1.56. The van der Waals surface area contributed by atoms with Crippen LogP contribution in [-0.2, 0) is 0 Å². The number of anilines is 1. The maximum absolute atomic E-state index is 10.8. The second-order valence-corrected chi connectivity index (χ2v) is 3.61. The molecule has 0 aliphatic rings. The first-order chi connectivity index (χ1) is 6.59. The molecular formula is C8H6BrN3O2. The molecule has 5 nitrogen and oxygen atoms in total. The van der Waals surface area contributed by atoms with Crippen molar-refractivity contribution >= 4 is 38.7 Å². The third kappa shape index (κ3) is 1.24. The molecule has 0 bridgehead atoms. The molecular weight excluding hydrogens is 250 g/mol. The van der Waals surface area contributed by atoms with Crippen molar-refractivity contribution in [1.29, 1.82) is 0 Å². The van der Waals surface area contributed by atoms with E-state index in [4.69, 9.17) is 10.8 Å². The number of hydrogen-bond donors (Lipinski definition) is 2. The number of nitrogens with two attached hydrogens (primary N) is 1. The van der Waals surface area contributed by atoms with E-state index in [0.717, 1.165) is 9.95 Å². The fraction of sp³-hybridized carbons (Fsp3) is 0. The smallest absolute Gasteiger partial charge is 0.416 e. The fourth-order valence-corrected chi connectivity index (χ4v) is 1.78. The molecule has 0 saturated heterocycles. The van der Waals surface area contributed by atoms with Crippen LogP contribution < -0.4 is 5.73 Å². The van der Waals surface area contributed by atoms with Crippen molar-refractivity contribution in [3.8, 4) is 0 Å². The lowest BCUT2D eigenvalue weighted by Crippen LogP contribution is -2.05. The van der Waals surface area contributed by atoms with Gasteiger partial charge in [0.15, 0.2) is 0 Å². The molecule has 14 heavy (non-hydrogen) atoms. The lowest BCUT2D eigenvalue weighted by Gasteiger charge is -1.96. The number of halogens is 1. The van der Waals surface area contributed by atoms with Crippen molar-refractivity contribution in [2.75, 3.05) is 5.73 Å². The van der Waals surface area contributed by atoms with Crippen LogP contribution in [0.3, 0.4) is 0 Å². The van der Waals surface area contributed by atoms with Crippen LogP contribution in [0.4, 0.5) is 10.6 Å². The lowest BCUT2D eigenvalue weighted by atomic mass is 10.3. The Labute approximate surface area is 87.3 Å². The van der Waals surface area contributed by atoms with E-state index >= 15 is 0 Å². The van der Waals surface area contributed by atoms with Crippen LogP contribution in [0.2, 0.25) is 0 Å². The topological polar surface area (TPSA) is 81.1 Å². The van der Waals surface area contributed by atoms with E-state index in [2.05, 4.69) is 20.9 Å². The van der Waals surface area contributed by atoms with Crippen LogP contribution in [0.25, 0.3) is 10.9 Å². The molecule has 0 radical (unpaired) electrons. The van der Waals surface area contributed by atoms with Crippen molar-refractivity contribution < 1.29 is 9.90 Å². The van der Waals surface area contributed by atoms with Gasteiger partial charge in [-0.3, -0.25) is 0 Å². The maximum atomic E-state index is 10.8. The van der Waals surface area contributed by atoms with Crippen molar-refractivity contribution in [2.24, 2.45) is 0 Å². The van der Waals surface area contributed by atoms with Crippen LogP contribution in [0.1, 0.15) is 0 Å². The van der Waals surface area contributed by atoms with E-state index < -0.39 is 6.09 Å². The number of aromatic nitrogens is 2. The average Bonchev–Trinajstić information content (AvgIpc) is 2.44. The predicted octanol–water partition coefficient (Wildman–Crippen LogP) is 1.91. The van der Waals surface area contributed by atoms with Crippen LogP contribution in [0.5, 0.6) is 0 Å². The van der Waals surface area contributed by atoms with E-state index in [0.29, 0.717) is 15.8 Å². The number of pyridine rings is 1. The third-order valence-corrected chi connectivity index (χ3v) is 2.50. The van der Waals surface area contributed by atoms with Gasteiger partial charge >= 0.3 is 6.09 Å². The average molecular weight is 256 g/mol. The molecule has 0 saturated carbocycles. The van der Waals surface area contributed by atoms with E-state index in [1.54, 1.807) is 6.07 Å². The first-order valence-corrected chi connectivity index (χ1v) is 4.54. The SMILES string of the molecule is Nc1cc2c(Br)cn(C(=O)O)c2cn1. The summed E-state index contributed by atoms with van der Waals surface area (Å²) in [6.07, 6.45) is 1.85. The van der Waals surface area contributed by atoms with Crippen molar-refractivity contribution in [1.82, 2.24) is 9.55 Å². The highest BCUT2D eigenvalue weighted by Crippen LogP contribution is 2.26. The van der Waals surface area contributed by atoms with Crippen LogP contribution >= 0.6 is 15.9 Å². The van der Waals surface area contributed by atoms with E-state index in [-0.39, 0.29) is 0 Å². The summed E-state index contributed by atoms with van der Waals surface area (Å²) in [4.78, 5) is 14.6. The van der Waals surface area contributed by atoms with Gasteiger partial charge in [0.25, 0.3) is 0 Å². The maximum Gasteiger partial charge on any atom is 0.416 e. The Morgan fingerprint density at radius 2 is 2.36 bits per heavy atom. The van der Waals surface area contributed by atoms with Crippen molar-refractivity contribution in [2.45, 2.75) is 0 Å². The molecule has 0 fully saturated rings. The molecule has 6 heteroatoms. The van der Waals surface area contributed by atoms with E-state index in [1.807, 2.05) is 0 Å². The molecule has 0 amide bonds. The van der Waals surface area contributed by atoms with Gasteiger partial charge in [-0.2, -0.15) is 0 Å². The highest BCUT2D eigenvalue weighted by atomic mass is 79.9. The Balaban J connectivity index is 2.84. The van der Waals surface area contributed by atoms with Crippen LogP contribution in [0.15, 0.2) is 22.9 Å². The predicted molar refractivity (Wildman–Crippen MR) is 55.3 cm³/mol. The zero-order valence-electron chi connectivity index (χ0n) is 6.94. The normalized spacial score (nSPS) is 10.6. The van der Waals surface area contributed by atoms with E-state index in [1.165, 1.54) is 12.4 Å². The number of fused-ring (bicyclic) bond motifs is 1. The molecule has 0 unspecified atom stereocenters. The standard InChI is InChI=1S/C8H6BrN3O2/c9-5-3-12(8(13)14)6-2-11-7(10)1-4(5)6/h1-3H,(H2,10,11)(H,13,14). The van der Waals surface area contributed by atoms with Crippen molar-refractivity contribution in [3.63, 3.8) is 0 Å². The Morgan fingerprint density at radius 3 is 3.00 bits per heavy atom. The molecule has 2 aromatic heterocycles. The van der Waals surface area contributed by atoms with Gasteiger partial charge in [0.1, 0.15) is 5.82 Å². The van der Waals surface area contributed by atoms with Gasteiger partial charge in [0, 0.05) is 16.1 Å². The highest BCUT2D eigenvalue weighted by Gasteiger charge is 2.11. The molecule has 2 rings (SSSR count). The zero-order chi connectivity index (χ0) is 10.3. The first-order valence-electron chi connectivity index (χ1n) is 3.75. The van der Waals surface area contributed by atoms with Gasteiger partial charge in [-0.1, -0.05) is 0 Å². The highest BCUT2D eigenvalue weighted by molar-refractivity contribution is 9.10. The Kier molecular flexibility index (Phi) is 1.92. The quantitative estimate of drug-likeness (QED) is 0.754. The van der Waals surface area contributed by atoms with Gasteiger partial charge in [0.05, 0.1) is 11.7 Å². The largest absolute Gasteiger partial charge is 0.464 e. The van der Waals surface area contributed by atoms with Gasteiger partial charge < -0.3 is 10.8 Å². The summed E-state index contributed by atoms with van der Waals surface area (Å²) in [6, 6.07) is 1.62. The monoisotopic (exact) mass is 255 g/mol. The summed E-state index contributed by atoms with van der Waals surface area (Å²) in [7, 11) is 0. The Morgan fingerprint density at radius 1 is 1.64 bits per heavy atom. The van der Waals surface area contributed by atoms with Gasteiger partial charge in [0.2, 0.25) is 0 Å². The number of carbonyl (C=O) groups is 1. The number of nitrogens with zero attached hydrogens (tertiary/aromatic N) is 2. The molecule has 3 N–H and O–H groups in total. The number of hydrogen-bond acceptors (Lipinski definition) is 3. The minimum atomic E-state index is -1.05. The molecule has 0 atom stereocenters. The summed E-state index contributed by atoms with van der Waals surface area (Å²) >= 11 is 3.25. The molecule has 0 aromatic carbocycles. The fourth-order valence-electron chi connectivity index (χ4n) is 1.26. The number of rotatable bonds is 0. The second kappa shape index (κ2) is 2.98. The summed E-state index contributed by atoms with van der Waals surface area (Å²) in [5.41, 5.74) is 6.00. The molecule has 0 spiro atoms. The van der Waals surface area contributed by atoms with E-state index in [9.17, 15) is 4.79 Å². The van der Waals surface area contributed by atoms with Crippen LogP contribution in [-0.4, -0.2) is 20.8 Å². The van der Waals surface area contributed by atoms with Gasteiger partial charge in [-0.15, -0.1) is 0 Å². The summed E-state index contributed by atoms with van der Waals surface area (Å²) in [5.74, 6) is 0.362. The summed E-state index contributed by atoms with van der Waals surface area (Å²) < 4.78 is 1.77. The minimum Gasteiger partial charge on any atom is -0.464 e. The molecule has 0 aliphatic heterocycles. The first kappa shape index (κ1) is 9.01. The molecule has 72 valence electrons. The molecule has 2 heterocycles. The minimum absolute atomic E-state index is 0.362. The van der Waals surface area contributed by atoms with Gasteiger partial charge in [-0.25, -0.2) is 14.3 Å². The second-order valence-electron chi connectivity index (χ2n) is 2.76. The summed E-state index contributed by atoms with van der Waals surface area (Å²) in [6.45, 7) is 0. The Bertz CT molecular complexity index is 521. The third-order valence-electron chi connectivity index (χ3n) is 1.87. The van der Waals surface area contributed by atoms with Crippen molar-refractivity contribution in [3.05, 3.63) is 22.9 Å². The number of carboxylic acid groups (broad SMARTS) is 1. The number of nitrogen functional groups attached to an aromatic ring is 1.